The van der Waals surface area contributed by atoms with E-state index in [0.717, 1.165) is 27.9 Å². The van der Waals surface area contributed by atoms with Crippen molar-refractivity contribution in [2.75, 3.05) is 18.4 Å². The monoisotopic (exact) mass is 387 g/mol. The zero-order valence-corrected chi connectivity index (χ0v) is 16.1. The van der Waals surface area contributed by atoms with E-state index in [0.29, 0.717) is 31.7 Å². The van der Waals surface area contributed by atoms with Crippen LogP contribution in [0.3, 0.4) is 0 Å². The maximum absolute atomic E-state index is 12.5. The Balaban J connectivity index is 1.24. The topological polar surface area (TPSA) is 75.4 Å². The van der Waals surface area contributed by atoms with Crippen LogP contribution in [0.15, 0.2) is 47.0 Å². The third kappa shape index (κ3) is 3.20. The molecule has 0 aliphatic carbocycles. The fourth-order valence-electron chi connectivity index (χ4n) is 4.05. The Labute approximate surface area is 168 Å². The smallest absolute Gasteiger partial charge is 0.246 e. The Kier molecular flexibility index (Phi) is 4.19. The average molecular weight is 387 g/mol. The highest BCUT2D eigenvalue weighted by Crippen LogP contribution is 2.35. The molecular weight excluding hydrogens is 366 g/mol. The number of para-hydroxylation sites is 1. The lowest BCUT2D eigenvalue weighted by atomic mass is 9.94. The van der Waals surface area contributed by atoms with E-state index in [1.807, 2.05) is 29.2 Å². The summed E-state index contributed by atoms with van der Waals surface area (Å²) in [6, 6.07) is 10.0. The van der Waals surface area contributed by atoms with Crippen LogP contribution in [-0.2, 0) is 16.0 Å². The van der Waals surface area contributed by atoms with Gasteiger partial charge < -0.3 is 14.6 Å². The minimum atomic E-state index is -0.0129. The van der Waals surface area contributed by atoms with Gasteiger partial charge in [0.1, 0.15) is 17.2 Å². The van der Waals surface area contributed by atoms with Gasteiger partial charge in [-0.05, 0) is 48.2 Å². The van der Waals surface area contributed by atoms with Gasteiger partial charge >= 0.3 is 0 Å². The van der Waals surface area contributed by atoms with E-state index in [2.05, 4.69) is 23.3 Å². The summed E-state index contributed by atoms with van der Waals surface area (Å²) >= 11 is 0. The standard InChI is InChI=1S/C23H21N3O3/c1-14-18-4-2-3-5-19(18)29-22(14)17-12-26(13-17)21(28)9-6-15-10-16-7-8-20(27)25-23(16)24-11-15/h2-6,9-11,17H,7-8,12-13H2,1H3,(H,24,25,27). The lowest BCUT2D eigenvalue weighted by Crippen LogP contribution is -2.47. The molecule has 0 unspecified atom stereocenters. The highest BCUT2D eigenvalue weighted by atomic mass is 16.3. The van der Waals surface area contributed by atoms with E-state index >= 15 is 0 Å². The zero-order valence-electron chi connectivity index (χ0n) is 16.1. The van der Waals surface area contributed by atoms with Crippen molar-refractivity contribution in [3.8, 4) is 0 Å². The fourth-order valence-corrected chi connectivity index (χ4v) is 4.05. The Morgan fingerprint density at radius 2 is 2.10 bits per heavy atom. The molecule has 1 N–H and O–H groups in total. The summed E-state index contributed by atoms with van der Waals surface area (Å²) in [4.78, 5) is 30.0. The van der Waals surface area contributed by atoms with Crippen LogP contribution >= 0.6 is 0 Å². The Bertz CT molecular complexity index is 1160. The third-order valence-corrected chi connectivity index (χ3v) is 5.73. The van der Waals surface area contributed by atoms with Crippen molar-refractivity contribution >= 4 is 34.7 Å². The number of hydrogen-bond donors (Lipinski definition) is 1. The number of benzene rings is 1. The summed E-state index contributed by atoms with van der Waals surface area (Å²) in [7, 11) is 0. The predicted octanol–water partition coefficient (Wildman–Crippen LogP) is 3.66. The molecule has 6 heteroatoms. The van der Waals surface area contributed by atoms with Gasteiger partial charge in [-0.1, -0.05) is 18.2 Å². The van der Waals surface area contributed by atoms with Crippen LogP contribution in [0.4, 0.5) is 5.82 Å². The number of likely N-dealkylation sites (tertiary alicyclic amines) is 1. The number of aromatic nitrogens is 1. The minimum Gasteiger partial charge on any atom is -0.460 e. The molecule has 3 aromatic rings. The number of rotatable bonds is 3. The van der Waals surface area contributed by atoms with Gasteiger partial charge in [-0.15, -0.1) is 0 Å². The van der Waals surface area contributed by atoms with Crippen LogP contribution in [0.1, 0.15) is 34.8 Å². The van der Waals surface area contributed by atoms with E-state index in [1.165, 1.54) is 5.56 Å². The van der Waals surface area contributed by atoms with E-state index in [9.17, 15) is 9.59 Å². The summed E-state index contributed by atoms with van der Waals surface area (Å²) in [6.45, 7) is 3.41. The molecule has 1 aromatic carbocycles. The second-order valence-electron chi connectivity index (χ2n) is 7.69. The van der Waals surface area contributed by atoms with Crippen LogP contribution in [-0.4, -0.2) is 34.8 Å². The number of furan rings is 1. The van der Waals surface area contributed by atoms with Crippen molar-refractivity contribution in [1.29, 1.82) is 0 Å². The van der Waals surface area contributed by atoms with Crippen LogP contribution in [0.25, 0.3) is 17.0 Å². The van der Waals surface area contributed by atoms with Crippen molar-refractivity contribution in [1.82, 2.24) is 9.88 Å². The second-order valence-corrected chi connectivity index (χ2v) is 7.69. The summed E-state index contributed by atoms with van der Waals surface area (Å²) in [5.74, 6) is 1.84. The van der Waals surface area contributed by atoms with Gasteiger partial charge in [-0.3, -0.25) is 9.59 Å². The molecule has 0 bridgehead atoms. The van der Waals surface area contributed by atoms with Gasteiger partial charge in [0.05, 0.1) is 5.92 Å². The van der Waals surface area contributed by atoms with Gasteiger partial charge in [0.25, 0.3) is 0 Å². The highest BCUT2D eigenvalue weighted by Gasteiger charge is 2.34. The number of aryl methyl sites for hydroxylation is 2. The number of amides is 2. The molecule has 0 atom stereocenters. The molecule has 29 heavy (non-hydrogen) atoms. The average Bonchev–Trinajstić information content (AvgIpc) is 3.02. The number of carbonyl (C=O) groups is 2. The lowest BCUT2D eigenvalue weighted by Gasteiger charge is -2.37. The molecule has 2 aliphatic rings. The number of carbonyl (C=O) groups excluding carboxylic acids is 2. The van der Waals surface area contributed by atoms with Crippen molar-refractivity contribution in [3.05, 3.63) is 65.1 Å². The predicted molar refractivity (Wildman–Crippen MR) is 110 cm³/mol. The van der Waals surface area contributed by atoms with Gasteiger partial charge in [-0.2, -0.15) is 0 Å². The second kappa shape index (κ2) is 6.88. The summed E-state index contributed by atoms with van der Waals surface area (Å²) in [6.07, 6.45) is 6.19. The van der Waals surface area contributed by atoms with Crippen LogP contribution in [0.5, 0.6) is 0 Å². The van der Waals surface area contributed by atoms with Gasteiger partial charge in [0, 0.05) is 37.2 Å². The highest BCUT2D eigenvalue weighted by molar-refractivity contribution is 5.94. The van der Waals surface area contributed by atoms with Gasteiger partial charge in [0.15, 0.2) is 0 Å². The maximum atomic E-state index is 12.5. The Hall–Kier alpha value is -3.41. The molecule has 1 fully saturated rings. The van der Waals surface area contributed by atoms with E-state index in [-0.39, 0.29) is 17.7 Å². The number of hydrogen-bond acceptors (Lipinski definition) is 4. The number of nitrogens with zero attached hydrogens (tertiary/aromatic N) is 2. The molecular formula is C23H21N3O3. The molecule has 2 aliphatic heterocycles. The van der Waals surface area contributed by atoms with E-state index in [4.69, 9.17) is 4.42 Å². The van der Waals surface area contributed by atoms with Crippen molar-refractivity contribution in [2.24, 2.45) is 0 Å². The van der Waals surface area contributed by atoms with Crippen molar-refractivity contribution in [3.63, 3.8) is 0 Å². The number of fused-ring (bicyclic) bond motifs is 2. The van der Waals surface area contributed by atoms with Crippen LogP contribution < -0.4 is 5.32 Å². The molecule has 6 nitrogen and oxygen atoms in total. The van der Waals surface area contributed by atoms with Crippen LogP contribution in [0.2, 0.25) is 0 Å². The largest absolute Gasteiger partial charge is 0.460 e. The molecule has 5 rings (SSSR count). The Morgan fingerprint density at radius 3 is 2.93 bits per heavy atom. The number of pyridine rings is 1. The van der Waals surface area contributed by atoms with E-state index < -0.39 is 0 Å². The molecule has 0 radical (unpaired) electrons. The fraction of sp³-hybridized carbons (Fsp3) is 0.261. The SMILES string of the molecule is Cc1c(C2CN(C(=O)C=Cc3cnc4c(c3)CCC(=O)N4)C2)oc2ccccc12. The third-order valence-electron chi connectivity index (χ3n) is 5.73. The molecule has 0 spiro atoms. The molecule has 2 aromatic heterocycles. The lowest BCUT2D eigenvalue weighted by molar-refractivity contribution is -0.130. The quantitative estimate of drug-likeness (QED) is 0.696. The number of anilines is 1. The first kappa shape index (κ1) is 17.7. The van der Waals surface area contributed by atoms with Gasteiger partial charge in [0.2, 0.25) is 11.8 Å². The number of nitrogens with one attached hydrogen (secondary N) is 1. The zero-order chi connectivity index (χ0) is 20.0. The molecule has 0 saturated carbocycles. The molecule has 1 saturated heterocycles. The summed E-state index contributed by atoms with van der Waals surface area (Å²) < 4.78 is 6.03. The minimum absolute atomic E-state index is 0.00417. The maximum Gasteiger partial charge on any atom is 0.246 e. The normalized spacial score (nSPS) is 16.7. The van der Waals surface area contributed by atoms with Crippen LogP contribution in [0, 0.1) is 6.92 Å². The summed E-state index contributed by atoms with van der Waals surface area (Å²) in [5.41, 5.74) is 3.93. The van der Waals surface area contributed by atoms with Crippen molar-refractivity contribution < 1.29 is 14.0 Å². The molecule has 146 valence electrons. The first-order valence-electron chi connectivity index (χ1n) is 9.82. The molecule has 4 heterocycles. The Morgan fingerprint density at radius 1 is 1.28 bits per heavy atom. The first-order chi connectivity index (χ1) is 14.1. The van der Waals surface area contributed by atoms with E-state index in [1.54, 1.807) is 18.3 Å². The molecule has 2 amide bonds. The summed E-state index contributed by atoms with van der Waals surface area (Å²) in [5, 5.41) is 3.91. The van der Waals surface area contributed by atoms with Crippen molar-refractivity contribution in [2.45, 2.75) is 25.7 Å². The van der Waals surface area contributed by atoms with Gasteiger partial charge in [-0.25, -0.2) is 4.98 Å². The first-order valence-corrected chi connectivity index (χ1v) is 9.82.